The topological polar surface area (TPSA) is 117 Å². The van der Waals surface area contributed by atoms with Gasteiger partial charge in [0.15, 0.2) is 0 Å². The standard InChI is InChI=1S/C10H13N7O3S/c1-11-7-13-8(15-9(14-7)20-3)17-5-12-10(16-17)21-4-6(18)19-2/h5H,4H2,1-3H3,(H,11,13,14,15). The van der Waals surface area contributed by atoms with Gasteiger partial charge in [0.1, 0.15) is 6.33 Å². The highest BCUT2D eigenvalue weighted by atomic mass is 32.2. The maximum absolute atomic E-state index is 11.1. The number of ether oxygens (including phenoxy) is 2. The van der Waals surface area contributed by atoms with Crippen LogP contribution >= 0.6 is 11.8 Å². The van der Waals surface area contributed by atoms with Crippen molar-refractivity contribution in [3.8, 4) is 12.0 Å². The van der Waals surface area contributed by atoms with Gasteiger partial charge in [-0.1, -0.05) is 11.8 Å². The van der Waals surface area contributed by atoms with Crippen LogP contribution in [0.1, 0.15) is 0 Å². The number of hydrogen-bond donors (Lipinski definition) is 1. The first-order chi connectivity index (χ1) is 10.2. The summed E-state index contributed by atoms with van der Waals surface area (Å²) in [5, 5.41) is 7.37. The number of hydrogen-bond acceptors (Lipinski definition) is 10. The van der Waals surface area contributed by atoms with Crippen molar-refractivity contribution in [2.24, 2.45) is 0 Å². The zero-order valence-corrected chi connectivity index (χ0v) is 12.4. The summed E-state index contributed by atoms with van der Waals surface area (Å²) < 4.78 is 10.9. The Hall–Kier alpha value is -2.43. The molecule has 2 heterocycles. The molecule has 0 aromatic carbocycles. The number of carbonyl (C=O) groups is 1. The van der Waals surface area contributed by atoms with Crippen LogP contribution in [0.3, 0.4) is 0 Å². The zero-order valence-electron chi connectivity index (χ0n) is 11.6. The van der Waals surface area contributed by atoms with E-state index < -0.39 is 0 Å². The second-order valence-electron chi connectivity index (χ2n) is 3.53. The van der Waals surface area contributed by atoms with Gasteiger partial charge < -0.3 is 14.8 Å². The molecule has 112 valence electrons. The van der Waals surface area contributed by atoms with E-state index in [0.717, 1.165) is 11.8 Å². The molecule has 0 unspecified atom stereocenters. The lowest BCUT2D eigenvalue weighted by molar-refractivity contribution is -0.137. The number of thioether (sulfide) groups is 1. The molecule has 21 heavy (non-hydrogen) atoms. The summed E-state index contributed by atoms with van der Waals surface area (Å²) in [6.07, 6.45) is 1.44. The van der Waals surface area contributed by atoms with Crippen molar-refractivity contribution in [1.82, 2.24) is 29.7 Å². The molecule has 2 aromatic heterocycles. The van der Waals surface area contributed by atoms with Gasteiger partial charge in [0, 0.05) is 7.05 Å². The van der Waals surface area contributed by atoms with Gasteiger partial charge in [-0.3, -0.25) is 4.79 Å². The van der Waals surface area contributed by atoms with Gasteiger partial charge in [-0.25, -0.2) is 4.98 Å². The van der Waals surface area contributed by atoms with Crippen molar-refractivity contribution in [2.75, 3.05) is 32.3 Å². The second kappa shape index (κ2) is 6.83. The molecule has 0 saturated carbocycles. The molecular formula is C10H13N7O3S. The monoisotopic (exact) mass is 311 g/mol. The molecule has 11 heteroatoms. The number of esters is 1. The molecule has 2 rings (SSSR count). The van der Waals surface area contributed by atoms with Crippen LogP contribution in [0.4, 0.5) is 5.95 Å². The van der Waals surface area contributed by atoms with Crippen LogP contribution in [0, 0.1) is 0 Å². The Balaban J connectivity index is 2.18. The molecule has 0 fully saturated rings. The highest BCUT2D eigenvalue weighted by Gasteiger charge is 2.11. The maximum atomic E-state index is 11.1. The van der Waals surface area contributed by atoms with Crippen molar-refractivity contribution < 1.29 is 14.3 Å². The van der Waals surface area contributed by atoms with Gasteiger partial charge in [-0.15, -0.1) is 5.10 Å². The minimum atomic E-state index is -0.351. The van der Waals surface area contributed by atoms with Crippen LogP contribution in [-0.4, -0.2) is 62.7 Å². The average molecular weight is 311 g/mol. The van der Waals surface area contributed by atoms with Crippen molar-refractivity contribution >= 4 is 23.7 Å². The fourth-order valence-corrected chi connectivity index (χ4v) is 1.88. The smallest absolute Gasteiger partial charge is 0.322 e. The van der Waals surface area contributed by atoms with Crippen molar-refractivity contribution in [3.05, 3.63) is 6.33 Å². The fraction of sp³-hybridized carbons (Fsp3) is 0.400. The number of nitrogens with one attached hydrogen (secondary N) is 1. The predicted octanol–water partition coefficient (Wildman–Crippen LogP) is -0.232. The summed E-state index contributed by atoms with van der Waals surface area (Å²) in [5.41, 5.74) is 0. The Labute approximate surface area is 124 Å². The summed E-state index contributed by atoms with van der Waals surface area (Å²) in [5.74, 6) is 0.374. The number of nitrogens with zero attached hydrogens (tertiary/aromatic N) is 6. The van der Waals surface area contributed by atoms with Crippen LogP contribution in [0.5, 0.6) is 6.01 Å². The molecule has 0 aliphatic carbocycles. The van der Waals surface area contributed by atoms with Gasteiger partial charge >= 0.3 is 12.0 Å². The summed E-state index contributed by atoms with van der Waals surface area (Å²) in [6, 6.07) is 0.156. The number of methoxy groups -OCH3 is 2. The third kappa shape index (κ3) is 3.78. The van der Waals surface area contributed by atoms with E-state index in [1.54, 1.807) is 7.05 Å². The van der Waals surface area contributed by atoms with Crippen molar-refractivity contribution in [3.63, 3.8) is 0 Å². The van der Waals surface area contributed by atoms with Crippen molar-refractivity contribution in [1.29, 1.82) is 0 Å². The van der Waals surface area contributed by atoms with E-state index in [0.29, 0.717) is 11.1 Å². The molecule has 0 amide bonds. The zero-order chi connectivity index (χ0) is 15.2. The molecule has 0 bridgehead atoms. The fourth-order valence-electron chi connectivity index (χ4n) is 1.24. The summed E-state index contributed by atoms with van der Waals surface area (Å²) in [6.45, 7) is 0. The van der Waals surface area contributed by atoms with Gasteiger partial charge in [-0.05, 0) is 0 Å². The molecule has 10 nitrogen and oxygen atoms in total. The SMILES string of the molecule is CNc1nc(OC)nc(-n2cnc(SCC(=O)OC)n2)n1. The Bertz CT molecular complexity index is 611. The minimum Gasteiger partial charge on any atom is -0.468 e. The van der Waals surface area contributed by atoms with Gasteiger partial charge in [0.25, 0.3) is 5.95 Å². The van der Waals surface area contributed by atoms with Gasteiger partial charge in [-0.2, -0.15) is 19.6 Å². The van der Waals surface area contributed by atoms with Gasteiger partial charge in [0.2, 0.25) is 11.1 Å². The minimum absolute atomic E-state index is 0.128. The molecule has 0 aliphatic rings. The average Bonchev–Trinajstić information content (AvgIpc) is 3.00. The van der Waals surface area contributed by atoms with Crippen LogP contribution < -0.4 is 10.1 Å². The summed E-state index contributed by atoms with van der Waals surface area (Å²) in [4.78, 5) is 27.3. The highest BCUT2D eigenvalue weighted by molar-refractivity contribution is 7.99. The lowest BCUT2D eigenvalue weighted by Crippen LogP contribution is -2.08. The number of carbonyl (C=O) groups excluding carboxylic acids is 1. The third-order valence-electron chi connectivity index (χ3n) is 2.23. The van der Waals surface area contributed by atoms with Gasteiger partial charge in [0.05, 0.1) is 20.0 Å². The van der Waals surface area contributed by atoms with Crippen LogP contribution in [0.15, 0.2) is 11.5 Å². The molecule has 0 spiro atoms. The van der Waals surface area contributed by atoms with E-state index in [-0.39, 0.29) is 23.7 Å². The summed E-state index contributed by atoms with van der Waals surface area (Å²) in [7, 11) is 4.46. The Morgan fingerprint density at radius 3 is 2.86 bits per heavy atom. The molecule has 0 aliphatic heterocycles. The first-order valence-electron chi connectivity index (χ1n) is 5.75. The number of anilines is 1. The van der Waals surface area contributed by atoms with Crippen LogP contribution in [0.25, 0.3) is 5.95 Å². The van der Waals surface area contributed by atoms with Crippen molar-refractivity contribution in [2.45, 2.75) is 5.16 Å². The van der Waals surface area contributed by atoms with Crippen LogP contribution in [-0.2, 0) is 9.53 Å². The largest absolute Gasteiger partial charge is 0.468 e. The van der Waals surface area contributed by atoms with E-state index in [1.807, 2.05) is 0 Å². The quantitative estimate of drug-likeness (QED) is 0.566. The molecule has 0 saturated heterocycles. The molecule has 0 atom stereocenters. The Morgan fingerprint density at radius 2 is 2.19 bits per heavy atom. The first kappa shape index (κ1) is 15.0. The molecule has 0 radical (unpaired) electrons. The summed E-state index contributed by atoms with van der Waals surface area (Å²) >= 11 is 1.15. The lowest BCUT2D eigenvalue weighted by atomic mass is 10.8. The molecule has 1 N–H and O–H groups in total. The number of rotatable bonds is 6. The second-order valence-corrected chi connectivity index (χ2v) is 4.47. The maximum Gasteiger partial charge on any atom is 0.322 e. The Morgan fingerprint density at radius 1 is 1.38 bits per heavy atom. The van der Waals surface area contributed by atoms with E-state index in [9.17, 15) is 4.79 Å². The number of aromatic nitrogens is 6. The Kier molecular flexibility index (Phi) is 4.87. The van der Waals surface area contributed by atoms with E-state index in [4.69, 9.17) is 4.74 Å². The van der Waals surface area contributed by atoms with Crippen LogP contribution in [0.2, 0.25) is 0 Å². The molecule has 2 aromatic rings. The highest BCUT2D eigenvalue weighted by Crippen LogP contribution is 2.14. The van der Waals surface area contributed by atoms with E-state index in [2.05, 4.69) is 35.1 Å². The third-order valence-corrected chi connectivity index (χ3v) is 3.06. The van der Waals surface area contributed by atoms with E-state index >= 15 is 0 Å². The predicted molar refractivity (Wildman–Crippen MR) is 73.6 cm³/mol. The normalized spacial score (nSPS) is 10.2. The molecular weight excluding hydrogens is 298 g/mol. The van der Waals surface area contributed by atoms with E-state index in [1.165, 1.54) is 25.2 Å². The first-order valence-corrected chi connectivity index (χ1v) is 6.74. The lowest BCUT2D eigenvalue weighted by Gasteiger charge is -2.04.